The van der Waals surface area contributed by atoms with Gasteiger partial charge in [0.15, 0.2) is 0 Å². The zero-order valence-electron chi connectivity index (χ0n) is 42.2. The molecule has 1 atom stereocenters. The molecule has 1 aromatic heterocycles. The molecule has 0 radical (unpaired) electrons. The van der Waals surface area contributed by atoms with Crippen molar-refractivity contribution in [3.63, 3.8) is 0 Å². The minimum atomic E-state index is 0.0968. The van der Waals surface area contributed by atoms with Gasteiger partial charge in [-0.1, -0.05) is 149 Å². The maximum Gasteiger partial charge on any atom is 0.136 e. The summed E-state index contributed by atoms with van der Waals surface area (Å²) in [5.74, 6) is 0.902. The quantitative estimate of drug-likeness (QED) is 0.0934. The number of anilines is 3. The highest BCUT2D eigenvalue weighted by Gasteiger charge is 2.19. The lowest BCUT2D eigenvalue weighted by atomic mass is 9.95. The molecule has 0 saturated heterocycles. The molecule has 0 saturated carbocycles. The molecule has 6 nitrogen and oxygen atoms in total. The van der Waals surface area contributed by atoms with Crippen molar-refractivity contribution in [1.82, 2.24) is 9.97 Å². The maximum absolute atomic E-state index is 6.23. The lowest BCUT2D eigenvalue weighted by molar-refractivity contribution is 0.690. The highest BCUT2D eigenvalue weighted by atomic mass is 14.9. The molecule has 0 spiro atoms. The SMILES string of the molecule is C=C/C(=C\C(N)=C/C)c1cc(-c2cc(NC)cc(-c3cccc(-c4cccc(NC)c4)c3)c2)nc(C2C=C(C)C=C(C)CC2)n1.CC.CC.CCC1=C/CC(c2cccc(NC)c2)=CC/C=C\1. The number of hydrogen-bond donors (Lipinski definition) is 4. The second-order valence-corrected chi connectivity index (χ2v) is 16.1. The first-order valence-corrected chi connectivity index (χ1v) is 24.2. The fraction of sp³-hybridized carbons (Fsp3) is 0.279. The van der Waals surface area contributed by atoms with E-state index >= 15 is 0 Å². The molecule has 0 fully saturated rings. The Morgan fingerprint density at radius 3 is 1.96 bits per heavy atom. The summed E-state index contributed by atoms with van der Waals surface area (Å²) in [6.07, 6.45) is 24.5. The smallest absolute Gasteiger partial charge is 0.136 e. The normalized spacial score (nSPS) is 16.0. The Morgan fingerprint density at radius 1 is 0.731 bits per heavy atom. The molecule has 6 heteroatoms. The zero-order valence-corrected chi connectivity index (χ0v) is 42.2. The molecule has 7 rings (SSSR count). The van der Waals surface area contributed by atoms with Crippen molar-refractivity contribution in [1.29, 1.82) is 0 Å². The van der Waals surface area contributed by atoms with Gasteiger partial charge < -0.3 is 21.7 Å². The average molecular weight is 893 g/mol. The van der Waals surface area contributed by atoms with E-state index < -0.39 is 0 Å². The number of hydrogen-bond acceptors (Lipinski definition) is 6. The van der Waals surface area contributed by atoms with Crippen molar-refractivity contribution in [2.45, 2.75) is 93.4 Å². The fourth-order valence-electron chi connectivity index (χ4n) is 7.94. The molecule has 5 aromatic rings. The van der Waals surface area contributed by atoms with E-state index in [0.29, 0.717) is 5.70 Å². The molecule has 1 heterocycles. The van der Waals surface area contributed by atoms with Gasteiger partial charge >= 0.3 is 0 Å². The largest absolute Gasteiger partial charge is 0.399 e. The first-order valence-electron chi connectivity index (χ1n) is 24.2. The molecule has 350 valence electrons. The third kappa shape index (κ3) is 15.3. The van der Waals surface area contributed by atoms with Gasteiger partial charge in [-0.15, -0.1) is 0 Å². The molecule has 1 unspecified atom stereocenters. The number of benzene rings is 4. The van der Waals surface area contributed by atoms with Crippen LogP contribution in [0.4, 0.5) is 17.1 Å². The molecular weight excluding hydrogens is 817 g/mol. The van der Waals surface area contributed by atoms with Crippen LogP contribution >= 0.6 is 0 Å². The second-order valence-electron chi connectivity index (χ2n) is 16.1. The van der Waals surface area contributed by atoms with Crippen molar-refractivity contribution in [3.8, 4) is 33.5 Å². The Labute approximate surface area is 404 Å². The van der Waals surface area contributed by atoms with Crippen LogP contribution in [0.15, 0.2) is 181 Å². The minimum Gasteiger partial charge on any atom is -0.399 e. The van der Waals surface area contributed by atoms with Gasteiger partial charge in [0.2, 0.25) is 0 Å². The maximum atomic E-state index is 6.23. The first-order chi connectivity index (χ1) is 32.6. The Bertz CT molecular complexity index is 2630. The molecule has 67 heavy (non-hydrogen) atoms. The first kappa shape index (κ1) is 52.7. The molecule has 2 aliphatic carbocycles. The van der Waals surface area contributed by atoms with Crippen LogP contribution in [0, 0.1) is 0 Å². The third-order valence-corrected chi connectivity index (χ3v) is 11.6. The van der Waals surface area contributed by atoms with Crippen molar-refractivity contribution in [2.24, 2.45) is 5.73 Å². The summed E-state index contributed by atoms with van der Waals surface area (Å²) in [6, 6.07) is 34.4. The predicted molar refractivity (Wildman–Crippen MR) is 296 cm³/mol. The summed E-state index contributed by atoms with van der Waals surface area (Å²) < 4.78 is 0. The molecule has 0 aliphatic heterocycles. The Morgan fingerprint density at radius 2 is 1.31 bits per heavy atom. The Balaban J connectivity index is 0.000000370. The van der Waals surface area contributed by atoms with Crippen LogP contribution < -0.4 is 21.7 Å². The zero-order chi connectivity index (χ0) is 48.7. The van der Waals surface area contributed by atoms with Crippen molar-refractivity contribution < 1.29 is 0 Å². The summed E-state index contributed by atoms with van der Waals surface area (Å²) in [5, 5.41) is 9.81. The van der Waals surface area contributed by atoms with E-state index in [0.717, 1.165) is 88.5 Å². The predicted octanol–water partition coefficient (Wildman–Crippen LogP) is 16.6. The lowest BCUT2D eigenvalue weighted by Crippen LogP contribution is -2.07. The Hall–Kier alpha value is -6.92. The summed E-state index contributed by atoms with van der Waals surface area (Å²) in [4.78, 5) is 10.3. The summed E-state index contributed by atoms with van der Waals surface area (Å²) in [7, 11) is 5.86. The van der Waals surface area contributed by atoms with Gasteiger partial charge in [-0.25, -0.2) is 9.97 Å². The van der Waals surface area contributed by atoms with Crippen LogP contribution in [0.3, 0.4) is 0 Å². The molecule has 0 bridgehead atoms. The van der Waals surface area contributed by atoms with Gasteiger partial charge in [0.25, 0.3) is 0 Å². The Kier molecular flexibility index (Phi) is 21.7. The van der Waals surface area contributed by atoms with Gasteiger partial charge in [-0.2, -0.15) is 0 Å². The van der Waals surface area contributed by atoms with Crippen LogP contribution in [0.25, 0.3) is 44.7 Å². The van der Waals surface area contributed by atoms with Gasteiger partial charge in [-0.05, 0) is 147 Å². The van der Waals surface area contributed by atoms with E-state index in [-0.39, 0.29) is 5.92 Å². The summed E-state index contributed by atoms with van der Waals surface area (Å²) >= 11 is 0. The van der Waals surface area contributed by atoms with Crippen LogP contribution in [-0.4, -0.2) is 31.1 Å². The van der Waals surface area contributed by atoms with Gasteiger partial charge in [0, 0.05) is 61.0 Å². The lowest BCUT2D eigenvalue weighted by Gasteiger charge is -2.16. The highest BCUT2D eigenvalue weighted by Crippen LogP contribution is 2.36. The van der Waals surface area contributed by atoms with Gasteiger partial charge in [-0.3, -0.25) is 0 Å². The molecular formula is C61H76N6. The van der Waals surface area contributed by atoms with Crippen molar-refractivity contribution in [2.75, 3.05) is 37.1 Å². The van der Waals surface area contributed by atoms with Gasteiger partial charge in [0.1, 0.15) is 5.82 Å². The van der Waals surface area contributed by atoms with Gasteiger partial charge in [0.05, 0.1) is 11.4 Å². The number of nitrogens with two attached hydrogens (primary N) is 1. The van der Waals surface area contributed by atoms with E-state index in [9.17, 15) is 0 Å². The van der Waals surface area contributed by atoms with E-state index in [1.807, 2.05) is 74.0 Å². The summed E-state index contributed by atoms with van der Waals surface area (Å²) in [6.45, 7) is 20.6. The van der Waals surface area contributed by atoms with E-state index in [4.69, 9.17) is 15.7 Å². The number of allylic oxidation sites excluding steroid dienone is 14. The summed E-state index contributed by atoms with van der Waals surface area (Å²) in [5.41, 5.74) is 25.0. The van der Waals surface area contributed by atoms with Crippen LogP contribution in [-0.2, 0) is 0 Å². The monoisotopic (exact) mass is 893 g/mol. The molecule has 0 amide bonds. The van der Waals surface area contributed by atoms with E-state index in [2.05, 4.69) is 177 Å². The number of rotatable bonds is 12. The molecule has 5 N–H and O–H groups in total. The van der Waals surface area contributed by atoms with E-state index in [1.54, 1.807) is 0 Å². The second kappa shape index (κ2) is 27.5. The van der Waals surface area contributed by atoms with Crippen molar-refractivity contribution >= 4 is 28.2 Å². The number of nitrogens with zero attached hydrogens (tertiary/aromatic N) is 2. The number of nitrogens with one attached hydrogen (secondary N) is 3. The van der Waals surface area contributed by atoms with Crippen LogP contribution in [0.1, 0.15) is 110 Å². The average Bonchev–Trinajstić information content (AvgIpc) is 3.55. The van der Waals surface area contributed by atoms with Crippen LogP contribution in [0.2, 0.25) is 0 Å². The van der Waals surface area contributed by atoms with Crippen LogP contribution in [0.5, 0.6) is 0 Å². The molecule has 4 aromatic carbocycles. The highest BCUT2D eigenvalue weighted by molar-refractivity contribution is 5.82. The fourth-order valence-corrected chi connectivity index (χ4v) is 7.94. The number of aromatic nitrogens is 2. The topological polar surface area (TPSA) is 87.9 Å². The van der Waals surface area contributed by atoms with Crippen molar-refractivity contribution in [3.05, 3.63) is 198 Å². The van der Waals surface area contributed by atoms with E-state index in [1.165, 1.54) is 39.1 Å². The standard InChI is InChI=1S/C40H43N5.C17H21N.2C2H6/c1-7-28(21-35(41)8-2)38-25-39(45-40(44-38)32-16-15-26(3)17-27(4)18-32)34-20-33(23-37(24-34)43-6)30-12-9-11-29(19-30)31-13-10-14-36(22-31)42-5;1-3-14-7-4-5-8-15(12-11-14)16-9-6-10-17(13-16)18-2;2*1-2/h7-14,17-25,32,42-43H,1,15-16,41H2,2-6H3;4,6-11,13,18H,3,5,12H2,1-2H3;2*1-2H3/b28-21+,35-8+;7-4-,14-11-,15-8?;;. The third-order valence-electron chi connectivity index (χ3n) is 11.6. The minimum absolute atomic E-state index is 0.0968. The molecule has 2 aliphatic rings.